The summed E-state index contributed by atoms with van der Waals surface area (Å²) in [5.41, 5.74) is 0.750. The Labute approximate surface area is 116 Å². The molecular weight excluding hydrogens is 256 g/mol. The molecule has 0 spiro atoms. The molecule has 0 aliphatic rings. The van der Waals surface area contributed by atoms with E-state index in [1.54, 1.807) is 12.1 Å². The first-order chi connectivity index (χ1) is 9.61. The molecule has 0 fully saturated rings. The van der Waals surface area contributed by atoms with Gasteiger partial charge in [0.05, 0.1) is 11.0 Å². The van der Waals surface area contributed by atoms with E-state index in [0.29, 0.717) is 5.75 Å². The zero-order valence-corrected chi connectivity index (χ0v) is 10.8. The number of nitriles is 1. The molecule has 5 nitrogen and oxygen atoms in total. The van der Waals surface area contributed by atoms with Gasteiger partial charge >= 0.3 is 0 Å². The molecule has 1 atom stereocenters. The van der Waals surface area contributed by atoms with Gasteiger partial charge in [0.2, 0.25) is 0 Å². The van der Waals surface area contributed by atoms with E-state index in [4.69, 9.17) is 10.00 Å². The number of nitro benzene ring substituents is 1. The van der Waals surface area contributed by atoms with E-state index >= 15 is 0 Å². The Kier molecular flexibility index (Phi) is 3.96. The number of hydrogen-bond acceptors (Lipinski definition) is 4. The third-order valence-electron chi connectivity index (χ3n) is 2.87. The normalized spacial score (nSPS) is 11.4. The number of benzene rings is 2. The van der Waals surface area contributed by atoms with Crippen molar-refractivity contribution in [3.05, 3.63) is 69.8 Å². The van der Waals surface area contributed by atoms with E-state index in [0.717, 1.165) is 5.56 Å². The lowest BCUT2D eigenvalue weighted by Gasteiger charge is -2.14. The summed E-state index contributed by atoms with van der Waals surface area (Å²) in [5.74, 6) is 0.368. The zero-order valence-electron chi connectivity index (χ0n) is 10.8. The fraction of sp³-hybridized carbons (Fsp3) is 0.133. The lowest BCUT2D eigenvalue weighted by atomic mass is 10.1. The van der Waals surface area contributed by atoms with E-state index < -0.39 is 4.92 Å². The van der Waals surface area contributed by atoms with Crippen molar-refractivity contribution in [2.24, 2.45) is 0 Å². The van der Waals surface area contributed by atoms with Crippen molar-refractivity contribution in [1.82, 2.24) is 0 Å². The van der Waals surface area contributed by atoms with Crippen molar-refractivity contribution in [1.29, 1.82) is 5.26 Å². The largest absolute Gasteiger partial charge is 0.486 e. The Bertz CT molecular complexity index is 663. The van der Waals surface area contributed by atoms with Crippen LogP contribution in [0, 0.1) is 21.4 Å². The highest BCUT2D eigenvalue weighted by atomic mass is 16.6. The molecule has 0 aliphatic heterocycles. The molecule has 1 unspecified atom stereocenters. The second-order valence-electron chi connectivity index (χ2n) is 4.22. The van der Waals surface area contributed by atoms with Crippen LogP contribution in [0.2, 0.25) is 0 Å². The van der Waals surface area contributed by atoms with Gasteiger partial charge in [-0.3, -0.25) is 10.1 Å². The van der Waals surface area contributed by atoms with Crippen LogP contribution in [0.3, 0.4) is 0 Å². The molecule has 0 saturated heterocycles. The fourth-order valence-corrected chi connectivity index (χ4v) is 1.83. The summed E-state index contributed by atoms with van der Waals surface area (Å²) < 4.78 is 5.68. The van der Waals surface area contributed by atoms with Crippen LogP contribution in [-0.4, -0.2) is 4.92 Å². The van der Waals surface area contributed by atoms with Crippen LogP contribution in [0.15, 0.2) is 48.5 Å². The molecule has 2 aromatic rings. The molecule has 5 heteroatoms. The Balaban J connectivity index is 2.25. The summed E-state index contributed by atoms with van der Waals surface area (Å²) in [6, 6.07) is 15.6. The number of nitrogens with zero attached hydrogens (tertiary/aromatic N) is 2. The number of nitro groups is 1. The Morgan fingerprint density at radius 2 is 1.95 bits per heavy atom. The summed E-state index contributed by atoms with van der Waals surface area (Å²) in [5, 5.41) is 19.7. The van der Waals surface area contributed by atoms with Crippen LogP contribution in [0.1, 0.15) is 24.2 Å². The fourth-order valence-electron chi connectivity index (χ4n) is 1.83. The summed E-state index contributed by atoms with van der Waals surface area (Å²) in [4.78, 5) is 10.3. The molecular formula is C15H12N2O3. The second-order valence-corrected chi connectivity index (χ2v) is 4.22. The van der Waals surface area contributed by atoms with Gasteiger partial charge in [0, 0.05) is 0 Å². The predicted molar refractivity (Wildman–Crippen MR) is 73.3 cm³/mol. The summed E-state index contributed by atoms with van der Waals surface area (Å²) in [6.45, 7) is 1.86. The van der Waals surface area contributed by atoms with Crippen LogP contribution in [0.5, 0.6) is 5.75 Å². The van der Waals surface area contributed by atoms with Crippen molar-refractivity contribution in [3.63, 3.8) is 0 Å². The van der Waals surface area contributed by atoms with Crippen LogP contribution >= 0.6 is 0 Å². The van der Waals surface area contributed by atoms with Crippen molar-refractivity contribution >= 4 is 5.69 Å². The monoisotopic (exact) mass is 268 g/mol. The zero-order chi connectivity index (χ0) is 14.5. The average molecular weight is 268 g/mol. The van der Waals surface area contributed by atoms with Gasteiger partial charge in [-0.1, -0.05) is 30.3 Å². The topological polar surface area (TPSA) is 76.2 Å². The van der Waals surface area contributed by atoms with Gasteiger partial charge in [-0.05, 0) is 24.6 Å². The van der Waals surface area contributed by atoms with Crippen LogP contribution in [0.4, 0.5) is 5.69 Å². The van der Waals surface area contributed by atoms with E-state index in [2.05, 4.69) is 0 Å². The number of hydrogen-bond donors (Lipinski definition) is 0. The Hall–Kier alpha value is -2.87. The molecule has 0 N–H and O–H groups in total. The standard InChI is InChI=1S/C15H12N2O3/c1-11(12-5-3-2-4-6-12)20-14-8-7-13(10-16)15(9-14)17(18)19/h2-9,11H,1H3. The Morgan fingerprint density at radius 3 is 2.55 bits per heavy atom. The lowest BCUT2D eigenvalue weighted by Crippen LogP contribution is -2.03. The molecule has 0 aromatic heterocycles. The van der Waals surface area contributed by atoms with Crippen molar-refractivity contribution in [2.75, 3.05) is 0 Å². The van der Waals surface area contributed by atoms with Gasteiger partial charge in [0.15, 0.2) is 0 Å². The molecule has 0 aliphatic carbocycles. The molecule has 0 bridgehead atoms. The molecule has 0 heterocycles. The van der Waals surface area contributed by atoms with Gasteiger partial charge < -0.3 is 4.74 Å². The molecule has 2 rings (SSSR count). The van der Waals surface area contributed by atoms with Gasteiger partial charge in [-0.25, -0.2) is 0 Å². The third kappa shape index (κ3) is 2.93. The minimum absolute atomic E-state index is 0.0229. The highest BCUT2D eigenvalue weighted by Gasteiger charge is 2.16. The highest BCUT2D eigenvalue weighted by molar-refractivity contribution is 5.52. The molecule has 100 valence electrons. The molecule has 0 radical (unpaired) electrons. The highest BCUT2D eigenvalue weighted by Crippen LogP contribution is 2.27. The molecule has 2 aromatic carbocycles. The van der Waals surface area contributed by atoms with Crippen LogP contribution in [-0.2, 0) is 0 Å². The first-order valence-corrected chi connectivity index (χ1v) is 6.02. The Morgan fingerprint density at radius 1 is 1.25 bits per heavy atom. The van der Waals surface area contributed by atoms with Gasteiger partial charge in [0.25, 0.3) is 5.69 Å². The summed E-state index contributed by atoms with van der Waals surface area (Å²) in [7, 11) is 0. The lowest BCUT2D eigenvalue weighted by molar-refractivity contribution is -0.385. The first kappa shape index (κ1) is 13.6. The van der Waals surface area contributed by atoms with Crippen molar-refractivity contribution in [3.8, 4) is 11.8 Å². The SMILES string of the molecule is CC(Oc1ccc(C#N)c([N+](=O)[O-])c1)c1ccccc1. The minimum Gasteiger partial charge on any atom is -0.486 e. The van der Waals surface area contributed by atoms with Gasteiger partial charge in [-0.2, -0.15) is 5.26 Å². The van der Waals surface area contributed by atoms with Crippen molar-refractivity contribution < 1.29 is 9.66 Å². The second kappa shape index (κ2) is 5.85. The maximum absolute atomic E-state index is 10.9. The summed E-state index contributed by atoms with van der Waals surface area (Å²) >= 11 is 0. The van der Waals surface area contributed by atoms with E-state index in [1.807, 2.05) is 37.3 Å². The maximum atomic E-state index is 10.9. The van der Waals surface area contributed by atoms with Crippen molar-refractivity contribution in [2.45, 2.75) is 13.0 Å². The first-order valence-electron chi connectivity index (χ1n) is 6.02. The molecule has 20 heavy (non-hydrogen) atoms. The van der Waals surface area contributed by atoms with Crippen LogP contribution < -0.4 is 4.74 Å². The van der Waals surface area contributed by atoms with Gasteiger partial charge in [0.1, 0.15) is 23.5 Å². The van der Waals surface area contributed by atoms with E-state index in [-0.39, 0.29) is 17.4 Å². The van der Waals surface area contributed by atoms with Gasteiger partial charge in [-0.15, -0.1) is 0 Å². The predicted octanol–water partition coefficient (Wildman–Crippen LogP) is 3.61. The smallest absolute Gasteiger partial charge is 0.290 e. The third-order valence-corrected chi connectivity index (χ3v) is 2.87. The minimum atomic E-state index is -0.585. The quantitative estimate of drug-likeness (QED) is 0.627. The number of ether oxygens (including phenoxy) is 1. The molecule has 0 amide bonds. The average Bonchev–Trinajstić information content (AvgIpc) is 2.48. The maximum Gasteiger partial charge on any atom is 0.290 e. The van der Waals surface area contributed by atoms with Crippen LogP contribution in [0.25, 0.3) is 0 Å². The summed E-state index contributed by atoms with van der Waals surface area (Å²) in [6.07, 6.45) is -0.233. The van der Waals surface area contributed by atoms with E-state index in [1.165, 1.54) is 12.1 Å². The number of rotatable bonds is 4. The van der Waals surface area contributed by atoms with E-state index in [9.17, 15) is 10.1 Å². The molecule has 0 saturated carbocycles.